The van der Waals surface area contributed by atoms with Crippen molar-refractivity contribution in [2.75, 3.05) is 7.11 Å². The summed E-state index contributed by atoms with van der Waals surface area (Å²) in [5.41, 5.74) is 2.12. The Morgan fingerprint density at radius 3 is 2.72 bits per heavy atom. The number of esters is 1. The molecule has 0 fully saturated rings. The Labute approximate surface area is 105 Å². The Morgan fingerprint density at radius 1 is 1.39 bits per heavy atom. The van der Waals surface area contributed by atoms with E-state index in [0.29, 0.717) is 13.0 Å². The summed E-state index contributed by atoms with van der Waals surface area (Å²) in [6, 6.07) is 3.80. The summed E-state index contributed by atoms with van der Waals surface area (Å²) in [6.45, 7) is 2.52. The molecule has 0 aromatic carbocycles. The smallest absolute Gasteiger partial charge is 0.360 e. The third-order valence-corrected chi connectivity index (χ3v) is 2.63. The highest BCUT2D eigenvalue weighted by molar-refractivity contribution is 5.88. The van der Waals surface area contributed by atoms with Crippen molar-refractivity contribution in [1.82, 2.24) is 20.0 Å². The summed E-state index contributed by atoms with van der Waals surface area (Å²) < 4.78 is 6.39. The second kappa shape index (κ2) is 5.39. The van der Waals surface area contributed by atoms with Crippen LogP contribution in [-0.4, -0.2) is 33.1 Å². The minimum absolute atomic E-state index is 0.286. The Balaban J connectivity index is 2.29. The van der Waals surface area contributed by atoms with Crippen molar-refractivity contribution in [3.63, 3.8) is 0 Å². The molecule has 0 aliphatic rings. The Bertz CT molecular complexity index is 536. The van der Waals surface area contributed by atoms with E-state index in [1.165, 1.54) is 7.11 Å². The Hall–Kier alpha value is -2.24. The third kappa shape index (κ3) is 2.37. The lowest BCUT2D eigenvalue weighted by molar-refractivity contribution is 0.0592. The van der Waals surface area contributed by atoms with Gasteiger partial charge in [-0.2, -0.15) is 0 Å². The van der Waals surface area contributed by atoms with Gasteiger partial charge in [0, 0.05) is 12.4 Å². The molecule has 6 heteroatoms. The Kier molecular flexibility index (Phi) is 3.66. The molecule has 2 aromatic rings. The standard InChI is InChI=1S/C12H14N4O2/c1-3-10-11(12(17)18-2)14-15-16(10)8-9-4-6-13-7-5-9/h4-7H,3,8H2,1-2H3. The third-order valence-electron chi connectivity index (χ3n) is 2.63. The van der Waals surface area contributed by atoms with Gasteiger partial charge < -0.3 is 4.74 Å². The molecule has 0 atom stereocenters. The van der Waals surface area contributed by atoms with Crippen LogP contribution in [-0.2, 0) is 17.7 Å². The first kappa shape index (κ1) is 12.2. The lowest BCUT2D eigenvalue weighted by Gasteiger charge is -2.05. The maximum Gasteiger partial charge on any atom is 0.360 e. The van der Waals surface area contributed by atoms with E-state index in [1.54, 1.807) is 17.1 Å². The molecule has 18 heavy (non-hydrogen) atoms. The van der Waals surface area contributed by atoms with E-state index in [-0.39, 0.29) is 5.69 Å². The van der Waals surface area contributed by atoms with Crippen LogP contribution in [0.4, 0.5) is 0 Å². The van der Waals surface area contributed by atoms with Gasteiger partial charge in [0.15, 0.2) is 5.69 Å². The van der Waals surface area contributed by atoms with Crippen molar-refractivity contribution >= 4 is 5.97 Å². The summed E-state index contributed by atoms with van der Waals surface area (Å²) in [5.74, 6) is -0.451. The van der Waals surface area contributed by atoms with E-state index < -0.39 is 5.97 Å². The molecular formula is C12H14N4O2. The fraction of sp³-hybridized carbons (Fsp3) is 0.333. The lowest BCUT2D eigenvalue weighted by atomic mass is 10.2. The van der Waals surface area contributed by atoms with Gasteiger partial charge in [0.05, 0.1) is 19.3 Å². The molecule has 0 saturated carbocycles. The van der Waals surface area contributed by atoms with Gasteiger partial charge in [0.25, 0.3) is 0 Å². The minimum Gasteiger partial charge on any atom is -0.464 e. The molecule has 6 nitrogen and oxygen atoms in total. The van der Waals surface area contributed by atoms with Gasteiger partial charge in [0.2, 0.25) is 0 Å². The van der Waals surface area contributed by atoms with E-state index in [2.05, 4.69) is 20.0 Å². The molecular weight excluding hydrogens is 232 g/mol. The summed E-state index contributed by atoms with van der Waals surface area (Å²) in [6.07, 6.45) is 4.11. The number of hydrogen-bond donors (Lipinski definition) is 0. The number of carbonyl (C=O) groups is 1. The molecule has 0 amide bonds. The summed E-state index contributed by atoms with van der Waals surface area (Å²) in [4.78, 5) is 15.5. The van der Waals surface area contributed by atoms with Crippen molar-refractivity contribution in [1.29, 1.82) is 0 Å². The van der Waals surface area contributed by atoms with Gasteiger partial charge in [-0.15, -0.1) is 5.10 Å². The number of ether oxygens (including phenoxy) is 1. The van der Waals surface area contributed by atoms with Crippen LogP contribution in [0.25, 0.3) is 0 Å². The van der Waals surface area contributed by atoms with Crippen molar-refractivity contribution in [2.45, 2.75) is 19.9 Å². The van der Waals surface area contributed by atoms with Crippen molar-refractivity contribution in [3.05, 3.63) is 41.5 Å². The highest BCUT2D eigenvalue weighted by Gasteiger charge is 2.18. The maximum absolute atomic E-state index is 11.5. The first-order valence-corrected chi connectivity index (χ1v) is 5.65. The zero-order valence-corrected chi connectivity index (χ0v) is 10.3. The monoisotopic (exact) mass is 246 g/mol. The zero-order valence-electron chi connectivity index (χ0n) is 10.3. The van der Waals surface area contributed by atoms with Crippen LogP contribution in [0.5, 0.6) is 0 Å². The normalized spacial score (nSPS) is 10.3. The van der Waals surface area contributed by atoms with Gasteiger partial charge >= 0.3 is 5.97 Å². The van der Waals surface area contributed by atoms with Crippen LogP contribution < -0.4 is 0 Å². The number of rotatable bonds is 4. The van der Waals surface area contributed by atoms with E-state index in [0.717, 1.165) is 11.3 Å². The first-order valence-electron chi connectivity index (χ1n) is 5.65. The molecule has 0 aliphatic heterocycles. The predicted octanol–water partition coefficient (Wildman–Crippen LogP) is 1.07. The molecule has 0 bridgehead atoms. The molecule has 2 rings (SSSR count). The quantitative estimate of drug-likeness (QED) is 0.755. The van der Waals surface area contributed by atoms with E-state index >= 15 is 0 Å². The van der Waals surface area contributed by atoms with Crippen LogP contribution in [0, 0.1) is 0 Å². The van der Waals surface area contributed by atoms with Crippen LogP contribution >= 0.6 is 0 Å². The van der Waals surface area contributed by atoms with E-state index in [4.69, 9.17) is 0 Å². The zero-order chi connectivity index (χ0) is 13.0. The fourth-order valence-corrected chi connectivity index (χ4v) is 1.73. The number of aromatic nitrogens is 4. The summed E-state index contributed by atoms with van der Waals surface area (Å²) in [5, 5.41) is 7.87. The van der Waals surface area contributed by atoms with Crippen LogP contribution in [0.3, 0.4) is 0 Å². The Morgan fingerprint density at radius 2 is 2.11 bits per heavy atom. The van der Waals surface area contributed by atoms with Crippen LogP contribution in [0.2, 0.25) is 0 Å². The average Bonchev–Trinajstić information content (AvgIpc) is 2.81. The maximum atomic E-state index is 11.5. The van der Waals surface area contributed by atoms with Gasteiger partial charge in [-0.3, -0.25) is 4.98 Å². The van der Waals surface area contributed by atoms with Gasteiger partial charge in [0.1, 0.15) is 0 Å². The summed E-state index contributed by atoms with van der Waals surface area (Å²) >= 11 is 0. The largest absolute Gasteiger partial charge is 0.464 e. The van der Waals surface area contributed by atoms with Crippen molar-refractivity contribution in [3.8, 4) is 0 Å². The highest BCUT2D eigenvalue weighted by atomic mass is 16.5. The van der Waals surface area contributed by atoms with Crippen LogP contribution in [0.1, 0.15) is 28.7 Å². The second-order valence-corrected chi connectivity index (χ2v) is 3.74. The molecule has 0 unspecified atom stereocenters. The molecule has 0 radical (unpaired) electrons. The second-order valence-electron chi connectivity index (χ2n) is 3.74. The van der Waals surface area contributed by atoms with Crippen molar-refractivity contribution in [2.24, 2.45) is 0 Å². The SMILES string of the molecule is CCc1c(C(=O)OC)nnn1Cc1ccncc1. The van der Waals surface area contributed by atoms with Gasteiger partial charge in [-0.25, -0.2) is 9.48 Å². The molecule has 0 aliphatic carbocycles. The average molecular weight is 246 g/mol. The lowest BCUT2D eigenvalue weighted by Crippen LogP contribution is -2.09. The minimum atomic E-state index is -0.451. The highest BCUT2D eigenvalue weighted by Crippen LogP contribution is 2.10. The molecule has 94 valence electrons. The predicted molar refractivity (Wildman–Crippen MR) is 64.1 cm³/mol. The molecule has 0 saturated heterocycles. The van der Waals surface area contributed by atoms with Gasteiger partial charge in [-0.1, -0.05) is 12.1 Å². The molecule has 2 aromatic heterocycles. The van der Waals surface area contributed by atoms with Crippen molar-refractivity contribution < 1.29 is 9.53 Å². The summed E-state index contributed by atoms with van der Waals surface area (Å²) in [7, 11) is 1.34. The number of hydrogen-bond acceptors (Lipinski definition) is 5. The van der Waals surface area contributed by atoms with E-state index in [9.17, 15) is 4.79 Å². The molecule has 0 spiro atoms. The van der Waals surface area contributed by atoms with Crippen LogP contribution in [0.15, 0.2) is 24.5 Å². The first-order chi connectivity index (χ1) is 8.76. The molecule has 2 heterocycles. The van der Waals surface area contributed by atoms with Gasteiger partial charge in [-0.05, 0) is 24.1 Å². The molecule has 0 N–H and O–H groups in total. The number of methoxy groups -OCH3 is 1. The van der Waals surface area contributed by atoms with E-state index in [1.807, 2.05) is 19.1 Å². The number of carbonyl (C=O) groups excluding carboxylic acids is 1. The number of pyridine rings is 1. The fourth-order valence-electron chi connectivity index (χ4n) is 1.73. The number of nitrogens with zero attached hydrogens (tertiary/aromatic N) is 4. The topological polar surface area (TPSA) is 69.9 Å².